The third-order valence-electron chi connectivity index (χ3n) is 5.49. The van der Waals surface area contributed by atoms with Crippen LogP contribution in [0.1, 0.15) is 63.4 Å². The Morgan fingerprint density at radius 3 is 2.42 bits per heavy atom. The van der Waals surface area contributed by atoms with E-state index in [-0.39, 0.29) is 6.10 Å². The lowest BCUT2D eigenvalue weighted by Gasteiger charge is -2.34. The first-order valence-electron chi connectivity index (χ1n) is 8.85. The van der Waals surface area contributed by atoms with Gasteiger partial charge in [-0.25, -0.2) is 0 Å². The molecule has 5 heteroatoms. The van der Waals surface area contributed by atoms with E-state index in [4.69, 9.17) is 9.47 Å². The Bertz CT molecular complexity index is 602. The topological polar surface area (TPSA) is 55.8 Å². The molecule has 24 heavy (non-hydrogen) atoms. The molecule has 132 valence electrons. The number of methoxy groups -OCH3 is 1. The highest BCUT2D eigenvalue weighted by atomic mass is 79.9. The molecule has 2 fully saturated rings. The molecule has 2 saturated carbocycles. The minimum Gasteiger partial charge on any atom is -0.493 e. The van der Waals surface area contributed by atoms with E-state index in [1.807, 2.05) is 12.1 Å². The number of halogens is 1. The second-order valence-electron chi connectivity index (χ2n) is 6.96. The van der Waals surface area contributed by atoms with Crippen molar-refractivity contribution in [1.82, 2.24) is 0 Å². The third kappa shape index (κ3) is 3.28. The molecule has 0 radical (unpaired) electrons. The number of aliphatic carboxylic acids is 1. The Hall–Kier alpha value is -1.23. The molecule has 3 rings (SSSR count). The molecule has 1 aromatic rings. The van der Waals surface area contributed by atoms with E-state index < -0.39 is 11.4 Å². The van der Waals surface area contributed by atoms with Crippen LogP contribution < -0.4 is 9.47 Å². The molecule has 1 N–H and O–H groups in total. The number of hydrogen-bond donors (Lipinski definition) is 1. The van der Waals surface area contributed by atoms with Crippen LogP contribution in [-0.4, -0.2) is 24.3 Å². The predicted molar refractivity (Wildman–Crippen MR) is 96.0 cm³/mol. The quantitative estimate of drug-likeness (QED) is 0.754. The largest absolute Gasteiger partial charge is 0.493 e. The van der Waals surface area contributed by atoms with Gasteiger partial charge in [0.25, 0.3) is 0 Å². The van der Waals surface area contributed by atoms with Crippen LogP contribution in [0.4, 0.5) is 0 Å². The van der Waals surface area contributed by atoms with Crippen molar-refractivity contribution in [1.29, 1.82) is 0 Å². The average molecular weight is 397 g/mol. The van der Waals surface area contributed by atoms with E-state index in [1.54, 1.807) is 7.11 Å². The van der Waals surface area contributed by atoms with Crippen molar-refractivity contribution in [3.8, 4) is 11.5 Å². The second kappa shape index (κ2) is 7.34. The van der Waals surface area contributed by atoms with Crippen molar-refractivity contribution < 1.29 is 19.4 Å². The summed E-state index contributed by atoms with van der Waals surface area (Å²) in [4.78, 5) is 12.1. The van der Waals surface area contributed by atoms with Gasteiger partial charge in [-0.2, -0.15) is 0 Å². The highest BCUT2D eigenvalue weighted by Gasteiger charge is 2.42. The Balaban J connectivity index is 1.97. The fourth-order valence-corrected chi connectivity index (χ4v) is 4.60. The summed E-state index contributed by atoms with van der Waals surface area (Å²) in [5.41, 5.74) is 0.0112. The number of rotatable bonds is 5. The van der Waals surface area contributed by atoms with Crippen LogP contribution in [0.3, 0.4) is 0 Å². The monoisotopic (exact) mass is 396 g/mol. The Morgan fingerprint density at radius 2 is 1.83 bits per heavy atom. The maximum absolute atomic E-state index is 12.1. The van der Waals surface area contributed by atoms with Gasteiger partial charge in [0.2, 0.25) is 0 Å². The number of hydrogen-bond acceptors (Lipinski definition) is 3. The molecule has 0 saturated heterocycles. The van der Waals surface area contributed by atoms with Crippen LogP contribution in [-0.2, 0) is 10.2 Å². The number of carboxylic acid groups (broad SMARTS) is 1. The first kappa shape index (κ1) is 17.6. The molecule has 0 unspecified atom stereocenters. The Labute approximate surface area is 151 Å². The van der Waals surface area contributed by atoms with Crippen molar-refractivity contribution in [2.75, 3.05) is 7.11 Å². The molecule has 2 aliphatic carbocycles. The standard InChI is InChI=1S/C19H25BrO4/c1-23-16-12-13(19(18(21)22)9-5-2-6-10-19)11-15(20)17(16)24-14-7-3-4-8-14/h11-12,14H,2-10H2,1H3,(H,21,22). The highest BCUT2D eigenvalue weighted by Crippen LogP contribution is 2.46. The van der Waals surface area contributed by atoms with Crippen LogP contribution in [0.5, 0.6) is 11.5 Å². The van der Waals surface area contributed by atoms with Gasteiger partial charge in [-0.3, -0.25) is 4.79 Å². The zero-order valence-electron chi connectivity index (χ0n) is 14.1. The summed E-state index contributed by atoms with van der Waals surface area (Å²) in [6, 6.07) is 3.79. The van der Waals surface area contributed by atoms with Crippen molar-refractivity contribution in [3.63, 3.8) is 0 Å². The third-order valence-corrected chi connectivity index (χ3v) is 6.07. The minimum atomic E-state index is -0.806. The first-order chi connectivity index (χ1) is 11.6. The molecule has 4 nitrogen and oxygen atoms in total. The predicted octanol–water partition coefficient (Wildman–Crippen LogP) is 5.07. The number of carbonyl (C=O) groups is 1. The lowest BCUT2D eigenvalue weighted by Crippen LogP contribution is -2.37. The fraction of sp³-hybridized carbons (Fsp3) is 0.632. The average Bonchev–Trinajstić information content (AvgIpc) is 3.10. The minimum absolute atomic E-state index is 0.226. The van der Waals surface area contributed by atoms with Gasteiger partial charge >= 0.3 is 5.97 Å². The maximum Gasteiger partial charge on any atom is 0.314 e. The lowest BCUT2D eigenvalue weighted by atomic mass is 9.69. The molecule has 0 heterocycles. The summed E-state index contributed by atoms with van der Waals surface area (Å²) in [5.74, 6) is 0.586. The molecular weight excluding hydrogens is 372 g/mol. The summed E-state index contributed by atoms with van der Waals surface area (Å²) in [6.07, 6.45) is 9.13. The van der Waals surface area contributed by atoms with Crippen LogP contribution in [0, 0.1) is 0 Å². The molecule has 1 aromatic carbocycles. The SMILES string of the molecule is COc1cc(C2(C(=O)O)CCCCC2)cc(Br)c1OC1CCCC1. The summed E-state index contributed by atoms with van der Waals surface area (Å²) < 4.78 is 12.5. The van der Waals surface area contributed by atoms with E-state index in [9.17, 15) is 9.90 Å². The molecule has 0 amide bonds. The Kier molecular flexibility index (Phi) is 5.38. The number of ether oxygens (including phenoxy) is 2. The summed E-state index contributed by atoms with van der Waals surface area (Å²) >= 11 is 3.59. The first-order valence-corrected chi connectivity index (χ1v) is 9.64. The van der Waals surface area contributed by atoms with Gasteiger partial charge in [0.05, 0.1) is 23.1 Å². The molecule has 0 aromatic heterocycles. The van der Waals surface area contributed by atoms with E-state index in [0.29, 0.717) is 24.3 Å². The van der Waals surface area contributed by atoms with Crippen molar-refractivity contribution in [2.45, 2.75) is 69.3 Å². The maximum atomic E-state index is 12.1. The number of benzene rings is 1. The molecule has 0 atom stereocenters. The molecular formula is C19H25BrO4. The van der Waals surface area contributed by atoms with Gasteiger partial charge in [0.1, 0.15) is 0 Å². The van der Waals surface area contributed by atoms with Gasteiger partial charge in [0, 0.05) is 0 Å². The van der Waals surface area contributed by atoms with Gasteiger partial charge in [-0.05, 0) is 72.2 Å². The van der Waals surface area contributed by atoms with Crippen molar-refractivity contribution >= 4 is 21.9 Å². The van der Waals surface area contributed by atoms with E-state index >= 15 is 0 Å². The zero-order valence-corrected chi connectivity index (χ0v) is 15.7. The van der Waals surface area contributed by atoms with Crippen LogP contribution in [0.15, 0.2) is 16.6 Å². The number of carboxylic acids is 1. The summed E-state index contributed by atoms with van der Waals surface area (Å²) in [6.45, 7) is 0. The molecule has 0 bridgehead atoms. The molecule has 0 aliphatic heterocycles. The van der Waals surface area contributed by atoms with Gasteiger partial charge in [-0.1, -0.05) is 19.3 Å². The van der Waals surface area contributed by atoms with E-state index in [2.05, 4.69) is 15.9 Å². The van der Waals surface area contributed by atoms with Crippen molar-refractivity contribution in [3.05, 3.63) is 22.2 Å². The fourth-order valence-electron chi connectivity index (χ4n) is 4.06. The highest BCUT2D eigenvalue weighted by molar-refractivity contribution is 9.10. The summed E-state index contributed by atoms with van der Waals surface area (Å²) in [5, 5.41) is 9.91. The van der Waals surface area contributed by atoms with Gasteiger partial charge in [0.15, 0.2) is 11.5 Å². The van der Waals surface area contributed by atoms with Crippen LogP contribution in [0.25, 0.3) is 0 Å². The van der Waals surface area contributed by atoms with E-state index in [0.717, 1.165) is 42.1 Å². The normalized spacial score (nSPS) is 20.8. The zero-order chi connectivity index (χ0) is 17.2. The molecule has 2 aliphatic rings. The van der Waals surface area contributed by atoms with Gasteiger partial charge < -0.3 is 14.6 Å². The lowest BCUT2D eigenvalue weighted by molar-refractivity contribution is -0.145. The van der Waals surface area contributed by atoms with Crippen LogP contribution >= 0.6 is 15.9 Å². The summed E-state index contributed by atoms with van der Waals surface area (Å²) in [7, 11) is 1.61. The molecule has 0 spiro atoms. The van der Waals surface area contributed by atoms with Gasteiger partial charge in [-0.15, -0.1) is 0 Å². The van der Waals surface area contributed by atoms with E-state index in [1.165, 1.54) is 12.8 Å². The second-order valence-corrected chi connectivity index (χ2v) is 7.82. The van der Waals surface area contributed by atoms with Crippen molar-refractivity contribution in [2.24, 2.45) is 0 Å². The Morgan fingerprint density at radius 1 is 1.17 bits per heavy atom. The smallest absolute Gasteiger partial charge is 0.314 e. The van der Waals surface area contributed by atoms with Crippen LogP contribution in [0.2, 0.25) is 0 Å².